The van der Waals surface area contributed by atoms with Crippen molar-refractivity contribution in [2.75, 3.05) is 20.1 Å². The van der Waals surface area contributed by atoms with Crippen LogP contribution in [-0.2, 0) is 6.54 Å². The first-order valence-corrected chi connectivity index (χ1v) is 6.32. The van der Waals surface area contributed by atoms with Crippen molar-refractivity contribution < 1.29 is 0 Å². The molecule has 2 rings (SSSR count). The van der Waals surface area contributed by atoms with E-state index in [2.05, 4.69) is 32.6 Å². The van der Waals surface area contributed by atoms with E-state index >= 15 is 0 Å². The molecular weight excluding hydrogens is 240 g/mol. The number of nitrogens with one attached hydrogen (secondary N) is 2. The van der Waals surface area contributed by atoms with Gasteiger partial charge in [-0.15, -0.1) is 0 Å². The maximum atomic E-state index is 8.75. The van der Waals surface area contributed by atoms with Crippen LogP contribution in [0.15, 0.2) is 29.4 Å². The summed E-state index contributed by atoms with van der Waals surface area (Å²) in [6, 6.07) is 6.05. The first kappa shape index (κ1) is 13.3. The fraction of sp³-hybridized carbons (Fsp3) is 0.462. The molecule has 100 valence electrons. The molecule has 1 aliphatic heterocycles. The van der Waals surface area contributed by atoms with Crippen LogP contribution < -0.4 is 10.6 Å². The lowest BCUT2D eigenvalue weighted by atomic mass is 10.3. The zero-order chi connectivity index (χ0) is 13.5. The summed E-state index contributed by atoms with van der Waals surface area (Å²) in [7, 11) is 2.09. The largest absolute Gasteiger partial charge is 0.351 e. The average Bonchev–Trinajstić information content (AvgIpc) is 2.83. The lowest BCUT2D eigenvalue weighted by molar-refractivity contribution is 0.407. The molecule has 2 N–H and O–H groups in total. The molecule has 0 bridgehead atoms. The highest BCUT2D eigenvalue weighted by Crippen LogP contribution is 2.05. The molecular formula is C13H18N6. The molecule has 6 heteroatoms. The van der Waals surface area contributed by atoms with Crippen molar-refractivity contribution in [2.45, 2.75) is 19.0 Å². The Labute approximate surface area is 113 Å². The van der Waals surface area contributed by atoms with Crippen molar-refractivity contribution in [1.82, 2.24) is 20.5 Å². The molecule has 1 aromatic heterocycles. The number of aromatic nitrogens is 1. The molecule has 1 aromatic rings. The maximum Gasteiger partial charge on any atom is 0.205 e. The highest BCUT2D eigenvalue weighted by molar-refractivity contribution is 5.81. The first-order chi connectivity index (χ1) is 9.28. The van der Waals surface area contributed by atoms with Crippen molar-refractivity contribution in [3.8, 4) is 6.19 Å². The van der Waals surface area contributed by atoms with Crippen LogP contribution in [0, 0.1) is 11.5 Å². The van der Waals surface area contributed by atoms with Crippen LogP contribution in [0.5, 0.6) is 0 Å². The third-order valence-corrected chi connectivity index (χ3v) is 3.03. The standard InChI is InChI=1S/C13H18N6/c1-19-7-5-12(9-19)18-13(17-10-14)16-8-11-4-2-3-6-15-11/h2-4,6,12H,5,7-9H2,1H3,(H2,16,17,18)/t12-/m1/s1. The maximum absolute atomic E-state index is 8.75. The van der Waals surface area contributed by atoms with Gasteiger partial charge >= 0.3 is 0 Å². The Bertz CT molecular complexity index is 464. The highest BCUT2D eigenvalue weighted by Gasteiger charge is 2.20. The molecule has 1 saturated heterocycles. The van der Waals surface area contributed by atoms with Gasteiger partial charge in [0.2, 0.25) is 5.96 Å². The fourth-order valence-corrected chi connectivity index (χ4v) is 2.07. The number of guanidine groups is 1. The summed E-state index contributed by atoms with van der Waals surface area (Å²) < 4.78 is 0. The number of aliphatic imine (C=N–C) groups is 1. The molecule has 0 aromatic carbocycles. The van der Waals surface area contributed by atoms with Crippen LogP contribution in [0.3, 0.4) is 0 Å². The summed E-state index contributed by atoms with van der Waals surface area (Å²) in [5, 5.41) is 14.6. The lowest BCUT2D eigenvalue weighted by Crippen LogP contribution is -2.42. The van der Waals surface area contributed by atoms with Crippen molar-refractivity contribution in [1.29, 1.82) is 5.26 Å². The van der Waals surface area contributed by atoms with E-state index in [1.807, 2.05) is 24.4 Å². The van der Waals surface area contributed by atoms with E-state index in [1.165, 1.54) is 0 Å². The number of nitriles is 1. The Hall–Kier alpha value is -2.13. The highest BCUT2D eigenvalue weighted by atomic mass is 15.2. The van der Waals surface area contributed by atoms with Gasteiger partial charge in [0.05, 0.1) is 12.2 Å². The monoisotopic (exact) mass is 258 g/mol. The number of rotatable bonds is 3. The van der Waals surface area contributed by atoms with E-state index in [9.17, 15) is 0 Å². The molecule has 0 saturated carbocycles. The topological polar surface area (TPSA) is 76.3 Å². The van der Waals surface area contributed by atoms with Gasteiger partial charge in [0.25, 0.3) is 0 Å². The first-order valence-electron chi connectivity index (χ1n) is 6.32. The molecule has 0 radical (unpaired) electrons. The van der Waals surface area contributed by atoms with E-state index in [0.717, 1.165) is 25.2 Å². The van der Waals surface area contributed by atoms with Gasteiger partial charge in [-0.05, 0) is 32.1 Å². The number of pyridine rings is 1. The van der Waals surface area contributed by atoms with Crippen LogP contribution in [0.4, 0.5) is 0 Å². The van der Waals surface area contributed by atoms with Gasteiger partial charge in [-0.25, -0.2) is 4.99 Å². The van der Waals surface area contributed by atoms with Gasteiger partial charge in [0.1, 0.15) is 0 Å². The number of likely N-dealkylation sites (tertiary alicyclic amines) is 1. The zero-order valence-corrected chi connectivity index (χ0v) is 11.0. The van der Waals surface area contributed by atoms with Crippen LogP contribution in [0.1, 0.15) is 12.1 Å². The Morgan fingerprint density at radius 2 is 2.53 bits per heavy atom. The van der Waals surface area contributed by atoms with Gasteiger partial charge in [-0.3, -0.25) is 10.3 Å². The van der Waals surface area contributed by atoms with Gasteiger partial charge in [-0.1, -0.05) is 6.07 Å². The molecule has 0 aliphatic carbocycles. The second-order valence-corrected chi connectivity index (χ2v) is 4.61. The summed E-state index contributed by atoms with van der Waals surface area (Å²) in [5.74, 6) is 0.522. The minimum Gasteiger partial charge on any atom is -0.351 e. The number of hydrogen-bond acceptors (Lipinski definition) is 4. The summed E-state index contributed by atoms with van der Waals surface area (Å²) in [4.78, 5) is 10.8. The molecule has 19 heavy (non-hydrogen) atoms. The third kappa shape index (κ3) is 4.23. The van der Waals surface area contributed by atoms with Gasteiger partial charge < -0.3 is 10.2 Å². The van der Waals surface area contributed by atoms with Crippen molar-refractivity contribution >= 4 is 5.96 Å². The molecule has 1 atom stereocenters. The minimum absolute atomic E-state index is 0.341. The van der Waals surface area contributed by atoms with E-state index in [0.29, 0.717) is 18.5 Å². The SMILES string of the molecule is CN1CC[C@@H](NC(=NCc2ccccn2)NC#N)C1. The second-order valence-electron chi connectivity index (χ2n) is 4.61. The molecule has 2 heterocycles. The van der Waals surface area contributed by atoms with Crippen LogP contribution >= 0.6 is 0 Å². The predicted molar refractivity (Wildman–Crippen MR) is 73.2 cm³/mol. The lowest BCUT2D eigenvalue weighted by Gasteiger charge is -2.14. The van der Waals surface area contributed by atoms with Crippen LogP contribution in [0.25, 0.3) is 0 Å². The van der Waals surface area contributed by atoms with Crippen molar-refractivity contribution in [3.05, 3.63) is 30.1 Å². The normalized spacial score (nSPS) is 20.0. The molecule has 0 spiro atoms. The Morgan fingerprint density at radius 1 is 1.63 bits per heavy atom. The quantitative estimate of drug-likeness (QED) is 0.353. The minimum atomic E-state index is 0.341. The number of likely N-dealkylation sites (N-methyl/N-ethyl adjacent to an activating group) is 1. The second kappa shape index (κ2) is 6.71. The number of nitrogens with zero attached hydrogens (tertiary/aromatic N) is 4. The molecule has 0 amide bonds. The van der Waals surface area contributed by atoms with Crippen LogP contribution in [-0.4, -0.2) is 42.0 Å². The van der Waals surface area contributed by atoms with Crippen molar-refractivity contribution in [2.24, 2.45) is 4.99 Å². The fourth-order valence-electron chi connectivity index (χ4n) is 2.07. The number of hydrogen-bond donors (Lipinski definition) is 2. The van der Waals surface area contributed by atoms with Gasteiger partial charge in [0.15, 0.2) is 6.19 Å². The summed E-state index contributed by atoms with van der Waals surface area (Å²) in [6.45, 7) is 2.49. The Balaban J connectivity index is 1.93. The molecule has 0 unspecified atom stereocenters. The van der Waals surface area contributed by atoms with E-state index in [-0.39, 0.29) is 0 Å². The molecule has 1 fully saturated rings. The summed E-state index contributed by atoms with van der Waals surface area (Å²) in [6.07, 6.45) is 4.71. The van der Waals surface area contributed by atoms with Gasteiger partial charge in [0, 0.05) is 18.8 Å². The zero-order valence-electron chi connectivity index (χ0n) is 11.0. The molecule has 1 aliphatic rings. The molecule has 6 nitrogen and oxygen atoms in total. The van der Waals surface area contributed by atoms with E-state index in [1.54, 1.807) is 6.20 Å². The van der Waals surface area contributed by atoms with Gasteiger partial charge in [-0.2, -0.15) is 5.26 Å². The third-order valence-electron chi connectivity index (χ3n) is 3.03. The predicted octanol–water partition coefficient (Wildman–Crippen LogP) is 0.302. The average molecular weight is 258 g/mol. The Morgan fingerprint density at radius 3 is 3.16 bits per heavy atom. The van der Waals surface area contributed by atoms with E-state index in [4.69, 9.17) is 5.26 Å². The van der Waals surface area contributed by atoms with Crippen LogP contribution in [0.2, 0.25) is 0 Å². The summed E-state index contributed by atoms with van der Waals surface area (Å²) >= 11 is 0. The van der Waals surface area contributed by atoms with E-state index < -0.39 is 0 Å². The Kier molecular flexibility index (Phi) is 4.70. The summed E-state index contributed by atoms with van der Waals surface area (Å²) in [5.41, 5.74) is 0.880. The van der Waals surface area contributed by atoms with Crippen molar-refractivity contribution in [3.63, 3.8) is 0 Å². The smallest absolute Gasteiger partial charge is 0.205 e.